The largest absolute Gasteiger partial charge is 0.340 e. The lowest BCUT2D eigenvalue weighted by Crippen LogP contribution is -2.42. The van der Waals surface area contributed by atoms with Gasteiger partial charge in [-0.2, -0.15) is 0 Å². The Hall–Kier alpha value is -0.100. The molecule has 98 valence electrons. The zero-order valence-corrected chi connectivity index (χ0v) is 13.4. The molecule has 0 unspecified atom stereocenters. The van der Waals surface area contributed by atoms with Crippen LogP contribution in [0.2, 0.25) is 0 Å². The van der Waals surface area contributed by atoms with Crippen LogP contribution < -0.4 is 5.73 Å². The standard InChI is InChI=1S/C11H17BrN2OS.ClH/c1-11(2,7-13)10(15)14(3)5-9-4-8(12)6-16-9;/h4,6H,5,7,13H2,1-3H3;1H. The van der Waals surface area contributed by atoms with Crippen molar-refractivity contribution in [1.82, 2.24) is 4.90 Å². The molecule has 1 heterocycles. The van der Waals surface area contributed by atoms with Gasteiger partial charge in [0.2, 0.25) is 5.91 Å². The number of carbonyl (C=O) groups excluding carboxylic acids is 1. The molecule has 0 atom stereocenters. The monoisotopic (exact) mass is 340 g/mol. The zero-order chi connectivity index (χ0) is 12.3. The Labute approximate surface area is 121 Å². The molecule has 0 aliphatic carbocycles. The van der Waals surface area contributed by atoms with E-state index in [-0.39, 0.29) is 18.3 Å². The summed E-state index contributed by atoms with van der Waals surface area (Å²) in [6.07, 6.45) is 0. The highest BCUT2D eigenvalue weighted by Crippen LogP contribution is 2.23. The maximum absolute atomic E-state index is 12.0. The van der Waals surface area contributed by atoms with Crippen molar-refractivity contribution in [3.8, 4) is 0 Å². The van der Waals surface area contributed by atoms with E-state index in [0.717, 1.165) is 9.35 Å². The van der Waals surface area contributed by atoms with E-state index in [2.05, 4.69) is 15.9 Å². The number of rotatable bonds is 4. The lowest BCUT2D eigenvalue weighted by atomic mass is 9.92. The molecule has 0 bridgehead atoms. The van der Waals surface area contributed by atoms with Gasteiger partial charge in [0.1, 0.15) is 0 Å². The Morgan fingerprint density at radius 3 is 2.59 bits per heavy atom. The summed E-state index contributed by atoms with van der Waals surface area (Å²) in [6.45, 7) is 4.75. The van der Waals surface area contributed by atoms with Gasteiger partial charge < -0.3 is 10.6 Å². The highest BCUT2D eigenvalue weighted by Gasteiger charge is 2.28. The van der Waals surface area contributed by atoms with Crippen LogP contribution in [-0.4, -0.2) is 24.4 Å². The number of nitrogens with two attached hydrogens (primary N) is 1. The van der Waals surface area contributed by atoms with Crippen LogP contribution in [0, 0.1) is 5.41 Å². The first-order valence-electron chi connectivity index (χ1n) is 5.05. The van der Waals surface area contributed by atoms with Crippen molar-refractivity contribution in [2.24, 2.45) is 11.1 Å². The van der Waals surface area contributed by atoms with Crippen molar-refractivity contribution >= 4 is 45.6 Å². The summed E-state index contributed by atoms with van der Waals surface area (Å²) in [4.78, 5) is 14.9. The van der Waals surface area contributed by atoms with Crippen LogP contribution in [0.25, 0.3) is 0 Å². The Morgan fingerprint density at radius 1 is 1.59 bits per heavy atom. The molecule has 3 nitrogen and oxygen atoms in total. The van der Waals surface area contributed by atoms with Crippen LogP contribution >= 0.6 is 39.7 Å². The van der Waals surface area contributed by atoms with E-state index >= 15 is 0 Å². The van der Waals surface area contributed by atoms with Crippen LogP contribution in [-0.2, 0) is 11.3 Å². The van der Waals surface area contributed by atoms with E-state index in [1.54, 1.807) is 16.2 Å². The van der Waals surface area contributed by atoms with Crippen molar-refractivity contribution in [3.05, 3.63) is 20.8 Å². The first-order chi connectivity index (χ1) is 7.36. The molecule has 0 aliphatic heterocycles. The maximum atomic E-state index is 12.0. The second-order valence-corrected chi connectivity index (χ2v) is 6.39. The third kappa shape index (κ3) is 4.58. The Bertz CT molecular complexity index is 381. The lowest BCUT2D eigenvalue weighted by Gasteiger charge is -2.27. The molecule has 0 radical (unpaired) electrons. The van der Waals surface area contributed by atoms with Crippen molar-refractivity contribution in [1.29, 1.82) is 0 Å². The highest BCUT2D eigenvalue weighted by molar-refractivity contribution is 9.10. The van der Waals surface area contributed by atoms with Gasteiger partial charge in [0.25, 0.3) is 0 Å². The average molecular weight is 342 g/mol. The van der Waals surface area contributed by atoms with Crippen molar-refractivity contribution < 1.29 is 4.79 Å². The summed E-state index contributed by atoms with van der Waals surface area (Å²) < 4.78 is 1.06. The quantitative estimate of drug-likeness (QED) is 0.915. The molecule has 1 aromatic heterocycles. The number of carbonyl (C=O) groups is 1. The Balaban J connectivity index is 0.00000256. The van der Waals surface area contributed by atoms with Crippen molar-refractivity contribution in [3.63, 3.8) is 0 Å². The third-order valence-electron chi connectivity index (χ3n) is 2.45. The molecule has 0 aromatic carbocycles. The highest BCUT2D eigenvalue weighted by atomic mass is 79.9. The molecule has 2 N–H and O–H groups in total. The molecular weight excluding hydrogens is 324 g/mol. The van der Waals surface area contributed by atoms with Crippen LogP contribution in [0.5, 0.6) is 0 Å². The summed E-state index contributed by atoms with van der Waals surface area (Å²) >= 11 is 5.04. The van der Waals surface area contributed by atoms with E-state index < -0.39 is 5.41 Å². The molecule has 0 fully saturated rings. The van der Waals surface area contributed by atoms with E-state index in [9.17, 15) is 4.79 Å². The second-order valence-electron chi connectivity index (χ2n) is 4.48. The van der Waals surface area contributed by atoms with Crippen molar-refractivity contribution in [2.45, 2.75) is 20.4 Å². The molecule has 1 aromatic rings. The van der Waals surface area contributed by atoms with Crippen LogP contribution in [0.4, 0.5) is 0 Å². The Kier molecular flexibility index (Phi) is 6.69. The first kappa shape index (κ1) is 16.9. The SMILES string of the molecule is CN(Cc1cc(Br)cs1)C(=O)C(C)(C)CN.Cl. The van der Waals surface area contributed by atoms with Gasteiger partial charge in [0.05, 0.1) is 12.0 Å². The molecule has 1 rings (SSSR count). The summed E-state index contributed by atoms with van der Waals surface area (Å²) in [5, 5.41) is 2.02. The van der Waals surface area contributed by atoms with Gasteiger partial charge in [-0.05, 0) is 35.8 Å². The number of hydrogen-bond donors (Lipinski definition) is 1. The fourth-order valence-corrected chi connectivity index (χ4v) is 2.85. The summed E-state index contributed by atoms with van der Waals surface area (Å²) in [7, 11) is 1.81. The normalized spacial score (nSPS) is 10.9. The van der Waals surface area contributed by atoms with E-state index in [1.807, 2.05) is 32.3 Å². The predicted molar refractivity (Wildman–Crippen MR) is 78.6 cm³/mol. The molecule has 0 saturated heterocycles. The van der Waals surface area contributed by atoms with E-state index in [4.69, 9.17) is 5.73 Å². The molecular formula is C11H18BrClN2OS. The topological polar surface area (TPSA) is 46.3 Å². The van der Waals surface area contributed by atoms with Crippen LogP contribution in [0.15, 0.2) is 15.9 Å². The van der Waals surface area contributed by atoms with Crippen molar-refractivity contribution in [2.75, 3.05) is 13.6 Å². The molecule has 1 amide bonds. The number of thiophene rings is 1. The van der Waals surface area contributed by atoms with Gasteiger partial charge in [-0.25, -0.2) is 0 Å². The van der Waals surface area contributed by atoms with Crippen LogP contribution in [0.3, 0.4) is 0 Å². The zero-order valence-electron chi connectivity index (χ0n) is 10.2. The third-order valence-corrected chi connectivity index (χ3v) is 4.13. The fraction of sp³-hybridized carbons (Fsp3) is 0.545. The molecule has 6 heteroatoms. The number of amides is 1. The van der Waals surface area contributed by atoms with Gasteiger partial charge in [-0.1, -0.05) is 0 Å². The van der Waals surface area contributed by atoms with E-state index in [1.165, 1.54) is 0 Å². The summed E-state index contributed by atoms with van der Waals surface area (Å²) in [5.74, 6) is 0.0829. The molecule has 0 spiro atoms. The number of halogens is 2. The minimum absolute atomic E-state index is 0. The maximum Gasteiger partial charge on any atom is 0.229 e. The summed E-state index contributed by atoms with van der Waals surface area (Å²) in [6, 6.07) is 2.03. The van der Waals surface area contributed by atoms with Gasteiger partial charge in [0.15, 0.2) is 0 Å². The van der Waals surface area contributed by atoms with Gasteiger partial charge in [-0.3, -0.25) is 4.79 Å². The minimum Gasteiger partial charge on any atom is -0.340 e. The van der Waals surface area contributed by atoms with Gasteiger partial charge in [0, 0.05) is 28.3 Å². The second kappa shape index (κ2) is 6.73. The molecule has 17 heavy (non-hydrogen) atoms. The number of nitrogens with zero attached hydrogens (tertiary/aromatic N) is 1. The molecule has 0 saturated carbocycles. The first-order valence-corrected chi connectivity index (χ1v) is 6.72. The van der Waals surface area contributed by atoms with Gasteiger partial charge in [-0.15, -0.1) is 23.7 Å². The van der Waals surface area contributed by atoms with Crippen LogP contribution in [0.1, 0.15) is 18.7 Å². The lowest BCUT2D eigenvalue weighted by molar-refractivity contribution is -0.138. The smallest absolute Gasteiger partial charge is 0.229 e. The van der Waals surface area contributed by atoms with E-state index in [0.29, 0.717) is 13.1 Å². The number of hydrogen-bond acceptors (Lipinski definition) is 3. The average Bonchev–Trinajstić information content (AvgIpc) is 2.62. The summed E-state index contributed by atoms with van der Waals surface area (Å²) in [5.41, 5.74) is 5.11. The minimum atomic E-state index is -0.483. The predicted octanol–water partition coefficient (Wildman–Crippen LogP) is 2.88. The fourth-order valence-electron chi connectivity index (χ4n) is 1.35. The van der Waals surface area contributed by atoms with Gasteiger partial charge >= 0.3 is 0 Å². The Morgan fingerprint density at radius 2 is 2.18 bits per heavy atom. The molecule has 0 aliphatic rings.